The lowest BCUT2D eigenvalue weighted by Crippen LogP contribution is -2.11. The number of fused-ring (bicyclic) bond motifs is 1. The van der Waals surface area contributed by atoms with Gasteiger partial charge in [-0.3, -0.25) is 4.79 Å². The number of nitrogens with one attached hydrogen (secondary N) is 1. The Morgan fingerprint density at radius 1 is 1.65 bits per heavy atom. The number of aromatic nitrogens is 2. The van der Waals surface area contributed by atoms with Crippen LogP contribution in [0.2, 0.25) is 0 Å². The minimum atomic E-state index is -0.771. The van der Waals surface area contributed by atoms with Gasteiger partial charge in [-0.15, -0.1) is 22.7 Å². The molecule has 2 atom stereocenters. The van der Waals surface area contributed by atoms with E-state index in [4.69, 9.17) is 0 Å². The average molecular weight is 309 g/mol. The third-order valence-corrected chi connectivity index (χ3v) is 5.42. The summed E-state index contributed by atoms with van der Waals surface area (Å²) in [5.74, 6) is -1.20. The Morgan fingerprint density at radius 3 is 3.15 bits per heavy atom. The summed E-state index contributed by atoms with van der Waals surface area (Å²) >= 11 is 3.20. The molecule has 0 bridgehead atoms. The Labute approximate surface area is 124 Å². The molecule has 2 heterocycles. The summed E-state index contributed by atoms with van der Waals surface area (Å²) in [6.45, 7) is 2.10. The Hall–Kier alpha value is -1.47. The molecule has 7 heteroatoms. The third-order valence-electron chi connectivity index (χ3n) is 3.47. The van der Waals surface area contributed by atoms with Crippen LogP contribution in [0.25, 0.3) is 0 Å². The second-order valence-corrected chi connectivity index (χ2v) is 6.74. The van der Waals surface area contributed by atoms with Crippen molar-refractivity contribution in [2.24, 2.45) is 0 Å². The first-order valence-electron chi connectivity index (χ1n) is 6.57. The van der Waals surface area contributed by atoms with Crippen LogP contribution in [-0.2, 0) is 11.2 Å². The van der Waals surface area contributed by atoms with Gasteiger partial charge in [-0.1, -0.05) is 6.92 Å². The van der Waals surface area contributed by atoms with Gasteiger partial charge in [0, 0.05) is 16.5 Å². The first-order chi connectivity index (χ1) is 9.69. The van der Waals surface area contributed by atoms with E-state index in [0.29, 0.717) is 6.42 Å². The van der Waals surface area contributed by atoms with E-state index in [2.05, 4.69) is 22.2 Å². The molecule has 0 saturated heterocycles. The highest BCUT2D eigenvalue weighted by Crippen LogP contribution is 2.39. The van der Waals surface area contributed by atoms with Crippen LogP contribution >= 0.6 is 22.7 Å². The zero-order chi connectivity index (χ0) is 14.1. The van der Waals surface area contributed by atoms with Crippen LogP contribution in [0.1, 0.15) is 47.3 Å². The normalized spacial score (nSPS) is 18.8. The molecule has 106 valence electrons. The average Bonchev–Trinajstić information content (AvgIpc) is 3.11. The topological polar surface area (TPSA) is 75.1 Å². The summed E-state index contributed by atoms with van der Waals surface area (Å²) in [4.78, 5) is 21.1. The Balaban J connectivity index is 1.79. The predicted octanol–water partition coefficient (Wildman–Crippen LogP) is 3.28. The van der Waals surface area contributed by atoms with Gasteiger partial charge < -0.3 is 10.4 Å². The van der Waals surface area contributed by atoms with Crippen molar-refractivity contribution in [3.8, 4) is 0 Å². The minimum Gasteiger partial charge on any atom is -0.481 e. The fourth-order valence-corrected chi connectivity index (χ4v) is 4.29. The standard InChI is InChI=1S/C13H15N3O2S2/c1-2-8(11-14-5-6-19-11)15-13-16-10-7(12(17)18)3-4-9(10)20-13/h5-8H,2-4H2,1H3,(H,15,16)(H,17,18). The molecular weight excluding hydrogens is 294 g/mol. The van der Waals surface area contributed by atoms with Crippen molar-refractivity contribution in [1.29, 1.82) is 0 Å². The SMILES string of the molecule is CCC(Nc1nc2c(s1)CCC2C(=O)O)c1nccs1. The highest BCUT2D eigenvalue weighted by molar-refractivity contribution is 7.15. The lowest BCUT2D eigenvalue weighted by atomic mass is 10.1. The maximum absolute atomic E-state index is 11.2. The third kappa shape index (κ3) is 2.43. The van der Waals surface area contributed by atoms with Crippen LogP contribution in [0.5, 0.6) is 0 Å². The monoisotopic (exact) mass is 309 g/mol. The molecule has 0 spiro atoms. The molecule has 0 saturated carbocycles. The van der Waals surface area contributed by atoms with Gasteiger partial charge >= 0.3 is 5.97 Å². The van der Waals surface area contributed by atoms with Gasteiger partial charge in [0.2, 0.25) is 0 Å². The molecule has 0 fully saturated rings. The molecule has 0 amide bonds. The number of anilines is 1. The number of carbonyl (C=O) groups is 1. The van der Waals surface area contributed by atoms with Gasteiger partial charge in [0.1, 0.15) is 10.9 Å². The van der Waals surface area contributed by atoms with Crippen molar-refractivity contribution >= 4 is 33.8 Å². The summed E-state index contributed by atoms with van der Waals surface area (Å²) in [7, 11) is 0. The number of hydrogen-bond acceptors (Lipinski definition) is 6. The molecule has 5 nitrogen and oxygen atoms in total. The van der Waals surface area contributed by atoms with Gasteiger partial charge in [0.15, 0.2) is 5.13 Å². The maximum Gasteiger partial charge on any atom is 0.312 e. The molecule has 2 aromatic rings. The predicted molar refractivity (Wildman–Crippen MR) is 79.6 cm³/mol. The number of rotatable bonds is 5. The lowest BCUT2D eigenvalue weighted by Gasteiger charge is -2.13. The zero-order valence-electron chi connectivity index (χ0n) is 11.0. The molecule has 2 unspecified atom stereocenters. The van der Waals surface area contributed by atoms with Crippen molar-refractivity contribution in [1.82, 2.24) is 9.97 Å². The summed E-state index contributed by atoms with van der Waals surface area (Å²) in [6, 6.07) is 0.143. The van der Waals surface area contributed by atoms with Gasteiger partial charge in [-0.25, -0.2) is 9.97 Å². The van der Waals surface area contributed by atoms with Gasteiger partial charge in [-0.05, 0) is 19.3 Å². The number of carboxylic acids is 1. The van der Waals surface area contributed by atoms with Crippen molar-refractivity contribution < 1.29 is 9.90 Å². The van der Waals surface area contributed by atoms with E-state index in [1.54, 1.807) is 28.9 Å². The van der Waals surface area contributed by atoms with E-state index in [0.717, 1.165) is 33.6 Å². The molecule has 2 aromatic heterocycles. The number of thiazole rings is 2. The van der Waals surface area contributed by atoms with Gasteiger partial charge in [0.05, 0.1) is 11.7 Å². The van der Waals surface area contributed by atoms with E-state index < -0.39 is 11.9 Å². The smallest absolute Gasteiger partial charge is 0.312 e. The van der Waals surface area contributed by atoms with Crippen molar-refractivity contribution in [2.45, 2.75) is 38.1 Å². The molecule has 1 aliphatic rings. The summed E-state index contributed by atoms with van der Waals surface area (Å²) in [5.41, 5.74) is 0.749. The van der Waals surface area contributed by atoms with Gasteiger partial charge in [-0.2, -0.15) is 0 Å². The van der Waals surface area contributed by atoms with Crippen molar-refractivity contribution in [2.75, 3.05) is 5.32 Å². The van der Waals surface area contributed by atoms with Crippen LogP contribution in [-0.4, -0.2) is 21.0 Å². The summed E-state index contributed by atoms with van der Waals surface area (Å²) in [6.07, 6.45) is 4.21. The highest BCUT2D eigenvalue weighted by Gasteiger charge is 2.32. The maximum atomic E-state index is 11.2. The highest BCUT2D eigenvalue weighted by atomic mass is 32.1. The largest absolute Gasteiger partial charge is 0.481 e. The number of aliphatic carboxylic acids is 1. The molecule has 2 N–H and O–H groups in total. The van der Waals surface area contributed by atoms with Crippen LogP contribution in [0.3, 0.4) is 0 Å². The zero-order valence-corrected chi connectivity index (χ0v) is 12.6. The molecule has 0 aliphatic heterocycles. The first kappa shape index (κ1) is 13.5. The van der Waals surface area contributed by atoms with E-state index in [-0.39, 0.29) is 6.04 Å². The van der Waals surface area contributed by atoms with Crippen LogP contribution in [0, 0.1) is 0 Å². The fourth-order valence-electron chi connectivity index (χ4n) is 2.42. The second-order valence-electron chi connectivity index (χ2n) is 4.73. The molecule has 0 aromatic carbocycles. The van der Waals surface area contributed by atoms with Gasteiger partial charge in [0.25, 0.3) is 0 Å². The van der Waals surface area contributed by atoms with Crippen LogP contribution in [0.4, 0.5) is 5.13 Å². The van der Waals surface area contributed by atoms with E-state index >= 15 is 0 Å². The van der Waals surface area contributed by atoms with E-state index in [1.807, 2.05) is 5.38 Å². The number of hydrogen-bond donors (Lipinski definition) is 2. The number of nitrogens with zero attached hydrogens (tertiary/aromatic N) is 2. The summed E-state index contributed by atoms with van der Waals surface area (Å²) in [5, 5.41) is 16.4. The van der Waals surface area contributed by atoms with E-state index in [1.165, 1.54) is 0 Å². The number of aryl methyl sites for hydroxylation is 1. The van der Waals surface area contributed by atoms with Crippen LogP contribution < -0.4 is 5.32 Å². The second kappa shape index (κ2) is 5.49. The molecule has 3 rings (SSSR count). The molecule has 1 aliphatic carbocycles. The number of carboxylic acid groups (broad SMARTS) is 1. The Morgan fingerprint density at radius 2 is 2.50 bits per heavy atom. The molecule has 20 heavy (non-hydrogen) atoms. The minimum absolute atomic E-state index is 0.143. The summed E-state index contributed by atoms with van der Waals surface area (Å²) < 4.78 is 0. The Kier molecular flexibility index (Phi) is 3.71. The van der Waals surface area contributed by atoms with E-state index in [9.17, 15) is 9.90 Å². The molecule has 0 radical (unpaired) electrons. The quantitative estimate of drug-likeness (QED) is 0.886. The fraction of sp³-hybridized carbons (Fsp3) is 0.462. The van der Waals surface area contributed by atoms with Crippen LogP contribution in [0.15, 0.2) is 11.6 Å². The Bertz CT molecular complexity index is 609. The first-order valence-corrected chi connectivity index (χ1v) is 8.27. The lowest BCUT2D eigenvalue weighted by molar-refractivity contribution is -0.138. The molecular formula is C13H15N3O2S2. The van der Waals surface area contributed by atoms with Crippen molar-refractivity contribution in [3.05, 3.63) is 27.2 Å². The van der Waals surface area contributed by atoms with Crippen molar-refractivity contribution in [3.63, 3.8) is 0 Å².